The Morgan fingerprint density at radius 2 is 1.00 bits per heavy atom. The second-order valence-corrected chi connectivity index (χ2v) is 21.7. The summed E-state index contributed by atoms with van der Waals surface area (Å²) in [7, 11) is 0. The molecule has 0 rings (SSSR count). The predicted molar refractivity (Wildman–Crippen MR) is 121 cm³/mol. The van der Waals surface area contributed by atoms with Crippen LogP contribution in [0.15, 0.2) is 9.67 Å². The molecule has 0 aliphatic heterocycles. The molecule has 0 spiro atoms. The van der Waals surface area contributed by atoms with Crippen LogP contribution in [-0.2, 0) is 0 Å². The Morgan fingerprint density at radius 3 is 1.44 bits per heavy atom. The van der Waals surface area contributed by atoms with Gasteiger partial charge < -0.3 is 0 Å². The van der Waals surface area contributed by atoms with E-state index >= 15 is 0 Å². The molecule has 0 saturated heterocycles. The van der Waals surface area contributed by atoms with Crippen molar-refractivity contribution >= 4 is 18.4 Å². The first kappa shape index (κ1) is 25.5. The molecule has 0 radical (unpaired) electrons. The Hall–Kier alpha value is 0.539. The van der Waals surface area contributed by atoms with Gasteiger partial charge in [-0.1, -0.05) is 0 Å². The Bertz CT molecular complexity index is 283. The summed E-state index contributed by atoms with van der Waals surface area (Å²) in [6.45, 7) is 11.9. The van der Waals surface area contributed by atoms with Crippen molar-refractivity contribution in [2.75, 3.05) is 0 Å². The fraction of sp³-hybridized carbons (Fsp3) is 0.917. The Labute approximate surface area is 165 Å². The van der Waals surface area contributed by atoms with Crippen LogP contribution < -0.4 is 0 Å². The third-order valence-electron chi connectivity index (χ3n) is 5.96. The van der Waals surface area contributed by atoms with Gasteiger partial charge in [0, 0.05) is 0 Å². The van der Waals surface area contributed by atoms with Gasteiger partial charge in [-0.05, 0) is 0 Å². The summed E-state index contributed by atoms with van der Waals surface area (Å²) in [4.78, 5) is 0. The van der Waals surface area contributed by atoms with E-state index in [0.717, 1.165) is 0 Å². The molecule has 1 heteroatoms. The van der Waals surface area contributed by atoms with Crippen molar-refractivity contribution in [2.45, 2.75) is 138 Å². The van der Waals surface area contributed by atoms with Gasteiger partial charge in [0.2, 0.25) is 0 Å². The molecule has 0 atom stereocenters. The monoisotopic (exact) mass is 458 g/mol. The molecule has 0 nitrogen and oxygen atoms in total. The molecule has 0 fully saturated rings. The van der Waals surface area contributed by atoms with Gasteiger partial charge in [0.15, 0.2) is 0 Å². The first-order valence-electron chi connectivity index (χ1n) is 11.9. The first-order chi connectivity index (χ1) is 12.2. The molecule has 0 bridgehead atoms. The van der Waals surface area contributed by atoms with Crippen LogP contribution in [0, 0.1) is 0 Å². The third kappa shape index (κ3) is 11.8. The number of hydrogen-bond acceptors (Lipinski definition) is 0. The van der Waals surface area contributed by atoms with E-state index in [1.54, 1.807) is 13.3 Å². The molecule has 0 aliphatic carbocycles. The van der Waals surface area contributed by atoms with E-state index < -0.39 is 18.4 Å². The molecule has 150 valence electrons. The van der Waals surface area contributed by atoms with E-state index in [9.17, 15) is 0 Å². The van der Waals surface area contributed by atoms with Crippen LogP contribution in [0.2, 0.25) is 13.3 Å². The molecule has 0 aromatic carbocycles. The average Bonchev–Trinajstić information content (AvgIpc) is 2.63. The minimum absolute atomic E-state index is 1.36. The van der Waals surface area contributed by atoms with E-state index in [0.29, 0.717) is 0 Å². The van der Waals surface area contributed by atoms with Crippen molar-refractivity contribution in [1.82, 2.24) is 0 Å². The molecule has 0 saturated carbocycles. The van der Waals surface area contributed by atoms with Gasteiger partial charge in [-0.25, -0.2) is 0 Å². The summed E-state index contributed by atoms with van der Waals surface area (Å²) in [5, 5.41) is 0. The van der Waals surface area contributed by atoms with Crippen LogP contribution in [0.25, 0.3) is 0 Å². The molecular formula is C24H50Sn. The normalized spacial score (nSPS) is 12.8. The zero-order valence-electron chi connectivity index (χ0n) is 18.6. The number of rotatable bonds is 18. The fourth-order valence-electron chi connectivity index (χ4n) is 4.22. The summed E-state index contributed by atoms with van der Waals surface area (Å²) < 4.78 is 7.03. The van der Waals surface area contributed by atoms with Crippen LogP contribution in [0.1, 0.15) is 125 Å². The van der Waals surface area contributed by atoms with Gasteiger partial charge in [-0.2, -0.15) is 0 Å². The van der Waals surface area contributed by atoms with Crippen molar-refractivity contribution < 1.29 is 0 Å². The maximum atomic E-state index is 2.81. The van der Waals surface area contributed by atoms with Gasteiger partial charge in [0.1, 0.15) is 0 Å². The van der Waals surface area contributed by atoms with E-state index in [2.05, 4.69) is 44.3 Å². The number of unbranched alkanes of at least 4 members (excludes halogenated alkanes) is 8. The van der Waals surface area contributed by atoms with Gasteiger partial charge >= 0.3 is 166 Å². The van der Waals surface area contributed by atoms with Gasteiger partial charge in [-0.15, -0.1) is 0 Å². The topological polar surface area (TPSA) is 0 Å². The van der Waals surface area contributed by atoms with E-state index in [1.165, 1.54) is 89.9 Å². The zero-order chi connectivity index (χ0) is 18.8. The van der Waals surface area contributed by atoms with Crippen molar-refractivity contribution in [1.29, 1.82) is 0 Å². The molecule has 0 heterocycles. The van der Waals surface area contributed by atoms with Crippen molar-refractivity contribution in [3.8, 4) is 0 Å². The Kier molecular flexibility index (Phi) is 18.3. The summed E-state index contributed by atoms with van der Waals surface area (Å²) >= 11 is -2.14. The Balaban J connectivity index is 5.36. The van der Waals surface area contributed by atoms with E-state index in [1.807, 2.05) is 0 Å². The molecule has 0 aromatic rings. The number of allylic oxidation sites excluding steroid dienone is 2. The van der Waals surface area contributed by atoms with Gasteiger partial charge in [-0.3, -0.25) is 0 Å². The fourth-order valence-corrected chi connectivity index (χ4v) is 21.6. The van der Waals surface area contributed by atoms with Crippen molar-refractivity contribution in [3.63, 3.8) is 0 Å². The molecule has 0 N–H and O–H groups in total. The molecule has 25 heavy (non-hydrogen) atoms. The van der Waals surface area contributed by atoms with Crippen molar-refractivity contribution in [3.05, 3.63) is 9.67 Å². The summed E-state index contributed by atoms with van der Waals surface area (Å²) in [6.07, 6.45) is 22.8. The standard InChI is InChI=1S/C12H23.3C4H9.Sn/c1-3-5-7-9-11-12-10-8-6-4-2;3*1-3-4-2;/h11H,3-10H2,1-2H3;3*1,3-4H2,2H3;. The Morgan fingerprint density at radius 1 is 0.560 bits per heavy atom. The molecule has 0 unspecified atom stereocenters. The summed E-state index contributed by atoms with van der Waals surface area (Å²) in [5.41, 5.74) is 0. The second-order valence-electron chi connectivity index (χ2n) is 8.27. The second kappa shape index (κ2) is 17.9. The van der Waals surface area contributed by atoms with Gasteiger partial charge in [0.25, 0.3) is 0 Å². The average molecular weight is 457 g/mol. The van der Waals surface area contributed by atoms with Crippen LogP contribution in [-0.4, -0.2) is 18.4 Å². The first-order valence-corrected chi connectivity index (χ1v) is 19.4. The zero-order valence-corrected chi connectivity index (χ0v) is 21.5. The van der Waals surface area contributed by atoms with Crippen LogP contribution in [0.4, 0.5) is 0 Å². The van der Waals surface area contributed by atoms with Gasteiger partial charge in [0.05, 0.1) is 0 Å². The van der Waals surface area contributed by atoms with E-state index in [-0.39, 0.29) is 0 Å². The summed E-state index contributed by atoms with van der Waals surface area (Å²) in [5.74, 6) is 0. The van der Waals surface area contributed by atoms with E-state index in [4.69, 9.17) is 0 Å². The summed E-state index contributed by atoms with van der Waals surface area (Å²) in [6, 6.07) is 0. The van der Waals surface area contributed by atoms with Crippen LogP contribution in [0.5, 0.6) is 0 Å². The van der Waals surface area contributed by atoms with Crippen LogP contribution in [0.3, 0.4) is 0 Å². The predicted octanol–water partition coefficient (Wildman–Crippen LogP) is 9.46. The third-order valence-corrected chi connectivity index (χ3v) is 22.4. The van der Waals surface area contributed by atoms with Crippen molar-refractivity contribution in [2.24, 2.45) is 0 Å². The molecule has 0 amide bonds. The number of hydrogen-bond donors (Lipinski definition) is 0. The molecular weight excluding hydrogens is 407 g/mol. The molecule has 0 aromatic heterocycles. The van der Waals surface area contributed by atoms with Crippen LogP contribution >= 0.6 is 0 Å². The molecule has 0 aliphatic rings. The maximum absolute atomic E-state index is 2.81. The quantitative estimate of drug-likeness (QED) is 0.142. The SMILES string of the molecule is CCCCC/C=[C](/CCCCC)[Sn]([CH2]CCC)([CH2]CCC)[CH2]CCC. The minimum atomic E-state index is -2.14.